The number of halogens is 1. The minimum absolute atomic E-state index is 0.269. The lowest BCUT2D eigenvalue weighted by Gasteiger charge is -2.07. The van der Waals surface area contributed by atoms with Crippen LogP contribution in [0, 0.1) is 6.92 Å². The second-order valence-corrected chi connectivity index (χ2v) is 5.90. The topological polar surface area (TPSA) is 64.7 Å². The van der Waals surface area contributed by atoms with Crippen molar-refractivity contribution in [3.8, 4) is 5.69 Å². The fourth-order valence-corrected chi connectivity index (χ4v) is 3.07. The first kappa shape index (κ1) is 15.4. The highest BCUT2D eigenvalue weighted by molar-refractivity contribution is 6.33. The van der Waals surface area contributed by atoms with Gasteiger partial charge in [0.2, 0.25) is 0 Å². The number of rotatable bonds is 3. The van der Waals surface area contributed by atoms with Crippen LogP contribution in [0.1, 0.15) is 16.1 Å². The molecule has 0 aliphatic heterocycles. The van der Waals surface area contributed by atoms with E-state index in [0.29, 0.717) is 11.3 Å². The lowest BCUT2D eigenvalue weighted by molar-refractivity contribution is 0.101. The zero-order valence-electron chi connectivity index (χ0n) is 13.3. The summed E-state index contributed by atoms with van der Waals surface area (Å²) in [4.78, 5) is 17.0. The van der Waals surface area contributed by atoms with Crippen molar-refractivity contribution >= 4 is 28.5 Å². The molecular weight excluding hydrogens is 338 g/mol. The highest BCUT2D eigenvalue weighted by atomic mass is 35.5. The van der Waals surface area contributed by atoms with Gasteiger partial charge in [-0.05, 0) is 31.2 Å². The van der Waals surface area contributed by atoms with Gasteiger partial charge in [-0.3, -0.25) is 10.2 Å². The highest BCUT2D eigenvalue weighted by Gasteiger charge is 2.21. The molecule has 0 spiro atoms. The van der Waals surface area contributed by atoms with Gasteiger partial charge in [0.1, 0.15) is 17.0 Å². The van der Waals surface area contributed by atoms with Gasteiger partial charge in [0.25, 0.3) is 5.91 Å². The molecule has 4 rings (SSSR count). The third-order valence-electron chi connectivity index (χ3n) is 3.91. The van der Waals surface area contributed by atoms with Crippen LogP contribution in [0.4, 0.5) is 0 Å². The van der Waals surface area contributed by atoms with Gasteiger partial charge in [-0.2, -0.15) is 5.10 Å². The number of nitrogens with one attached hydrogen (secondary N) is 1. The van der Waals surface area contributed by atoms with E-state index in [0.717, 1.165) is 16.7 Å². The Morgan fingerprint density at radius 2 is 1.80 bits per heavy atom. The largest absolute Gasteiger partial charge is 0.275 e. The standard InChI is InChI=1S/C18H14ClN5O/c1-12-16(17(19)24(21-12)13-7-3-2-4-8-13)18(25)22-23-11-20-14-9-5-6-10-15(14)23/h2-11H,1H3,(H,22,25). The Morgan fingerprint density at radius 3 is 2.60 bits per heavy atom. The molecule has 2 aromatic heterocycles. The third-order valence-corrected chi connectivity index (χ3v) is 4.26. The molecule has 0 atom stereocenters. The van der Waals surface area contributed by atoms with E-state index in [2.05, 4.69) is 15.5 Å². The zero-order valence-corrected chi connectivity index (χ0v) is 14.1. The molecule has 4 aromatic rings. The maximum absolute atomic E-state index is 12.7. The van der Waals surface area contributed by atoms with Crippen molar-refractivity contribution in [1.82, 2.24) is 19.4 Å². The molecule has 0 radical (unpaired) electrons. The molecule has 0 unspecified atom stereocenters. The van der Waals surface area contributed by atoms with E-state index in [1.165, 1.54) is 0 Å². The van der Waals surface area contributed by atoms with E-state index < -0.39 is 0 Å². The van der Waals surface area contributed by atoms with E-state index in [-0.39, 0.29) is 11.1 Å². The molecule has 0 bridgehead atoms. The summed E-state index contributed by atoms with van der Waals surface area (Å²) in [5.74, 6) is -0.340. The number of para-hydroxylation sites is 3. The lowest BCUT2D eigenvalue weighted by atomic mass is 10.2. The summed E-state index contributed by atoms with van der Waals surface area (Å²) in [6.45, 7) is 1.76. The quantitative estimate of drug-likeness (QED) is 0.613. The first-order valence-corrected chi connectivity index (χ1v) is 8.07. The molecule has 7 heteroatoms. The van der Waals surface area contributed by atoms with Crippen LogP contribution in [0.3, 0.4) is 0 Å². The van der Waals surface area contributed by atoms with Gasteiger partial charge in [-0.25, -0.2) is 14.3 Å². The second-order valence-electron chi connectivity index (χ2n) is 5.54. The van der Waals surface area contributed by atoms with Crippen LogP contribution in [0.25, 0.3) is 16.7 Å². The molecule has 0 aliphatic rings. The number of aromatic nitrogens is 4. The Bertz CT molecular complexity index is 1070. The average molecular weight is 352 g/mol. The van der Waals surface area contributed by atoms with Crippen molar-refractivity contribution in [3.05, 3.63) is 77.3 Å². The predicted molar refractivity (Wildman–Crippen MR) is 96.7 cm³/mol. The third kappa shape index (κ3) is 2.66. The predicted octanol–water partition coefficient (Wildman–Crippen LogP) is 3.57. The van der Waals surface area contributed by atoms with Crippen molar-refractivity contribution in [1.29, 1.82) is 0 Å². The number of carbonyl (C=O) groups excluding carboxylic acids is 1. The summed E-state index contributed by atoms with van der Waals surface area (Å²) in [5.41, 5.74) is 6.09. The molecule has 2 aromatic carbocycles. The van der Waals surface area contributed by atoms with Crippen LogP contribution in [0.2, 0.25) is 5.15 Å². The van der Waals surface area contributed by atoms with Gasteiger partial charge in [0.15, 0.2) is 0 Å². The summed E-state index contributed by atoms with van der Waals surface area (Å²) >= 11 is 6.43. The Balaban J connectivity index is 1.70. The van der Waals surface area contributed by atoms with Crippen molar-refractivity contribution in [2.75, 3.05) is 5.43 Å². The molecular formula is C18H14ClN5O. The zero-order chi connectivity index (χ0) is 17.4. The SMILES string of the molecule is Cc1nn(-c2ccccc2)c(Cl)c1C(=O)Nn1cnc2ccccc21. The van der Waals surface area contributed by atoms with E-state index in [4.69, 9.17) is 11.6 Å². The first-order valence-electron chi connectivity index (χ1n) is 7.69. The van der Waals surface area contributed by atoms with Crippen molar-refractivity contribution in [3.63, 3.8) is 0 Å². The van der Waals surface area contributed by atoms with Gasteiger partial charge in [0, 0.05) is 0 Å². The molecule has 6 nitrogen and oxygen atoms in total. The van der Waals surface area contributed by atoms with Crippen LogP contribution in [0.15, 0.2) is 60.9 Å². The molecule has 0 aliphatic carbocycles. The molecule has 25 heavy (non-hydrogen) atoms. The van der Waals surface area contributed by atoms with Crippen LogP contribution in [0.5, 0.6) is 0 Å². The van der Waals surface area contributed by atoms with Crippen molar-refractivity contribution < 1.29 is 4.79 Å². The summed E-state index contributed by atoms with van der Waals surface area (Å²) in [6, 6.07) is 17.0. The smallest absolute Gasteiger partial charge is 0.267 e. The first-order chi connectivity index (χ1) is 12.1. The summed E-state index contributed by atoms with van der Waals surface area (Å²) in [5, 5.41) is 4.66. The molecule has 0 saturated heterocycles. The van der Waals surface area contributed by atoms with Crippen LogP contribution < -0.4 is 5.43 Å². The van der Waals surface area contributed by atoms with Crippen LogP contribution in [-0.2, 0) is 0 Å². The van der Waals surface area contributed by atoms with Crippen LogP contribution in [-0.4, -0.2) is 25.3 Å². The minimum atomic E-state index is -0.340. The molecule has 1 N–H and O–H groups in total. The van der Waals surface area contributed by atoms with E-state index in [9.17, 15) is 4.79 Å². The Hall–Kier alpha value is -3.12. The Kier molecular flexibility index (Phi) is 3.74. The van der Waals surface area contributed by atoms with Crippen molar-refractivity contribution in [2.45, 2.75) is 6.92 Å². The average Bonchev–Trinajstić information content (AvgIpc) is 3.16. The van der Waals surface area contributed by atoms with Crippen LogP contribution >= 0.6 is 11.6 Å². The van der Waals surface area contributed by atoms with Crippen molar-refractivity contribution in [2.24, 2.45) is 0 Å². The number of carbonyl (C=O) groups is 1. The van der Waals surface area contributed by atoms with E-state index >= 15 is 0 Å². The monoisotopic (exact) mass is 351 g/mol. The van der Waals surface area contributed by atoms with Gasteiger partial charge in [-0.1, -0.05) is 41.9 Å². The number of nitrogens with zero attached hydrogens (tertiary/aromatic N) is 4. The number of amides is 1. The molecule has 2 heterocycles. The number of hydrogen-bond donors (Lipinski definition) is 1. The fraction of sp³-hybridized carbons (Fsp3) is 0.0556. The van der Waals surface area contributed by atoms with Gasteiger partial charge in [-0.15, -0.1) is 0 Å². The maximum Gasteiger partial charge on any atom is 0.275 e. The number of fused-ring (bicyclic) bond motifs is 1. The Morgan fingerprint density at radius 1 is 1.08 bits per heavy atom. The Labute approximate surface area is 148 Å². The molecule has 0 saturated carbocycles. The minimum Gasteiger partial charge on any atom is -0.267 e. The summed E-state index contributed by atoms with van der Waals surface area (Å²) < 4.78 is 3.13. The molecule has 1 amide bonds. The number of imidazole rings is 1. The number of hydrogen-bond acceptors (Lipinski definition) is 3. The normalized spacial score (nSPS) is 11.0. The summed E-state index contributed by atoms with van der Waals surface area (Å²) in [6.07, 6.45) is 1.56. The van der Waals surface area contributed by atoms with Gasteiger partial charge >= 0.3 is 0 Å². The summed E-state index contributed by atoms with van der Waals surface area (Å²) in [7, 11) is 0. The molecule has 0 fully saturated rings. The number of benzene rings is 2. The lowest BCUT2D eigenvalue weighted by Crippen LogP contribution is -2.22. The maximum atomic E-state index is 12.7. The number of aryl methyl sites for hydroxylation is 1. The fourth-order valence-electron chi connectivity index (χ4n) is 2.71. The van der Waals surface area contributed by atoms with Gasteiger partial charge in [0.05, 0.1) is 22.4 Å². The molecule has 124 valence electrons. The second kappa shape index (κ2) is 6.07. The van der Waals surface area contributed by atoms with Gasteiger partial charge < -0.3 is 0 Å². The van der Waals surface area contributed by atoms with E-state index in [1.807, 2.05) is 54.6 Å². The highest BCUT2D eigenvalue weighted by Crippen LogP contribution is 2.24. The van der Waals surface area contributed by atoms with E-state index in [1.54, 1.807) is 22.6 Å².